The summed E-state index contributed by atoms with van der Waals surface area (Å²) in [5, 5.41) is 12.4. The van der Waals surface area contributed by atoms with E-state index in [4.69, 9.17) is 21.1 Å². The number of rotatable bonds is 8. The Labute approximate surface area is 250 Å². The fourth-order valence-electron chi connectivity index (χ4n) is 4.59. The van der Waals surface area contributed by atoms with Crippen molar-refractivity contribution in [3.05, 3.63) is 93.5 Å². The molecule has 222 valence electrons. The zero-order chi connectivity index (χ0) is 30.4. The number of nitrogens with zero attached hydrogens (tertiary/aromatic N) is 4. The lowest BCUT2D eigenvalue weighted by Gasteiger charge is -2.38. The van der Waals surface area contributed by atoms with Gasteiger partial charge in [-0.25, -0.2) is 4.79 Å². The molecule has 11 heteroatoms. The fourth-order valence-corrected chi connectivity index (χ4v) is 4.72. The number of non-ortho nitro benzene ring substituents is 1. The number of halogens is 1. The number of para-hydroxylation sites is 1. The first-order valence-electron chi connectivity index (χ1n) is 13.7. The van der Waals surface area contributed by atoms with Crippen molar-refractivity contribution in [2.45, 2.75) is 45.9 Å². The number of amides is 2. The molecule has 1 saturated heterocycles. The maximum Gasteiger partial charge on any atom is 0.410 e. The highest BCUT2D eigenvalue weighted by Crippen LogP contribution is 2.36. The Bertz CT molecular complexity index is 1400. The Morgan fingerprint density at radius 1 is 1.00 bits per heavy atom. The zero-order valence-corrected chi connectivity index (χ0v) is 24.9. The van der Waals surface area contributed by atoms with Crippen molar-refractivity contribution in [1.29, 1.82) is 0 Å². The van der Waals surface area contributed by atoms with E-state index in [1.807, 2.05) is 56.0 Å². The van der Waals surface area contributed by atoms with E-state index in [0.29, 0.717) is 48.3 Å². The molecule has 0 N–H and O–H groups in total. The van der Waals surface area contributed by atoms with E-state index in [1.54, 1.807) is 42.2 Å². The van der Waals surface area contributed by atoms with Crippen molar-refractivity contribution in [1.82, 2.24) is 4.90 Å². The van der Waals surface area contributed by atoms with Crippen LogP contribution in [0.25, 0.3) is 0 Å². The van der Waals surface area contributed by atoms with Gasteiger partial charge in [0.05, 0.1) is 22.8 Å². The normalized spacial score (nSPS) is 14.2. The Kier molecular flexibility index (Phi) is 9.57. The lowest BCUT2D eigenvalue weighted by atomic mass is 10.1. The van der Waals surface area contributed by atoms with Crippen LogP contribution in [0.2, 0.25) is 5.02 Å². The van der Waals surface area contributed by atoms with Crippen molar-refractivity contribution < 1.29 is 24.0 Å². The zero-order valence-electron chi connectivity index (χ0n) is 24.2. The molecule has 3 aromatic carbocycles. The highest BCUT2D eigenvalue weighted by atomic mass is 35.5. The number of carbonyl (C=O) groups is 2. The average molecular weight is 595 g/mol. The first-order valence-corrected chi connectivity index (χ1v) is 14.1. The summed E-state index contributed by atoms with van der Waals surface area (Å²) in [6.07, 6.45) is -1.28. The number of nitro groups is 1. The van der Waals surface area contributed by atoms with E-state index < -0.39 is 22.7 Å². The van der Waals surface area contributed by atoms with Gasteiger partial charge in [0, 0.05) is 43.3 Å². The number of piperazine rings is 1. The molecule has 1 aliphatic rings. The van der Waals surface area contributed by atoms with Crippen LogP contribution < -0.4 is 14.5 Å². The molecule has 3 aromatic rings. The quantitative estimate of drug-likeness (QED) is 0.222. The molecule has 1 heterocycles. The molecule has 42 heavy (non-hydrogen) atoms. The van der Waals surface area contributed by atoms with E-state index in [9.17, 15) is 19.7 Å². The third kappa shape index (κ3) is 7.91. The Balaban J connectivity index is 1.68. The molecule has 4 rings (SSSR count). The third-order valence-electron chi connectivity index (χ3n) is 6.66. The van der Waals surface area contributed by atoms with Gasteiger partial charge in [-0.1, -0.05) is 41.9 Å². The average Bonchev–Trinajstić information content (AvgIpc) is 2.96. The molecule has 0 aromatic heterocycles. The summed E-state index contributed by atoms with van der Waals surface area (Å²) in [6.45, 7) is 8.92. The minimum Gasteiger partial charge on any atom is -0.481 e. The van der Waals surface area contributed by atoms with Crippen molar-refractivity contribution >= 4 is 40.7 Å². The van der Waals surface area contributed by atoms with Crippen LogP contribution in [-0.2, 0) is 16.1 Å². The van der Waals surface area contributed by atoms with E-state index in [-0.39, 0.29) is 18.1 Å². The molecular weight excluding hydrogens is 560 g/mol. The topological polar surface area (TPSA) is 105 Å². The molecule has 2 amide bonds. The SMILES string of the molecule is CC(Oc1ccccc1)C(=O)N(Cc1ccc(Cl)cc1)c1cc([N+](=O)[O-])ccc1N1CCN(C(=O)OC(C)(C)C)CC1. The van der Waals surface area contributed by atoms with Gasteiger partial charge < -0.3 is 24.2 Å². The standard InChI is InChI=1S/C31H35ClN4O6/c1-22(41-26-8-6-5-7-9-26)29(37)35(21-23-10-12-24(32)13-11-23)28-20-25(36(39)40)14-15-27(28)33-16-18-34(19-17-33)30(38)42-31(2,3)4/h5-15,20,22H,16-19,21H2,1-4H3. The van der Waals surface area contributed by atoms with Crippen LogP contribution in [0.1, 0.15) is 33.3 Å². The number of benzene rings is 3. The summed E-state index contributed by atoms with van der Waals surface area (Å²) < 4.78 is 11.5. The van der Waals surface area contributed by atoms with Crippen molar-refractivity contribution in [3.8, 4) is 5.75 Å². The van der Waals surface area contributed by atoms with E-state index in [2.05, 4.69) is 0 Å². The summed E-state index contributed by atoms with van der Waals surface area (Å²) in [5.74, 6) is 0.158. The number of nitro benzene ring substituents is 1. The number of hydrogen-bond donors (Lipinski definition) is 0. The van der Waals surface area contributed by atoms with Crippen molar-refractivity contribution in [2.24, 2.45) is 0 Å². The van der Waals surface area contributed by atoms with Gasteiger partial charge in [0.15, 0.2) is 6.10 Å². The molecule has 0 bridgehead atoms. The highest BCUT2D eigenvalue weighted by Gasteiger charge is 2.31. The minimum atomic E-state index is -0.893. The largest absolute Gasteiger partial charge is 0.481 e. The molecule has 1 fully saturated rings. The monoisotopic (exact) mass is 594 g/mol. The van der Waals surface area contributed by atoms with Crippen LogP contribution in [-0.4, -0.2) is 59.7 Å². The van der Waals surface area contributed by atoms with Gasteiger partial charge in [0.2, 0.25) is 0 Å². The maximum atomic E-state index is 14.0. The second kappa shape index (κ2) is 13.1. The Morgan fingerprint density at radius 3 is 2.24 bits per heavy atom. The number of hydrogen-bond acceptors (Lipinski definition) is 7. The Morgan fingerprint density at radius 2 is 1.64 bits per heavy atom. The van der Waals surface area contributed by atoms with Gasteiger partial charge >= 0.3 is 6.09 Å². The van der Waals surface area contributed by atoms with Gasteiger partial charge in [-0.05, 0) is 63.6 Å². The van der Waals surface area contributed by atoms with Crippen LogP contribution in [0.15, 0.2) is 72.8 Å². The number of carbonyl (C=O) groups excluding carboxylic acids is 2. The summed E-state index contributed by atoms with van der Waals surface area (Å²) >= 11 is 6.10. The van der Waals surface area contributed by atoms with E-state index in [0.717, 1.165) is 5.56 Å². The smallest absolute Gasteiger partial charge is 0.410 e. The molecule has 1 aliphatic heterocycles. The summed E-state index contributed by atoms with van der Waals surface area (Å²) in [7, 11) is 0. The molecule has 0 aliphatic carbocycles. The predicted octanol–water partition coefficient (Wildman–Crippen LogP) is 6.31. The third-order valence-corrected chi connectivity index (χ3v) is 6.91. The van der Waals surface area contributed by atoms with Gasteiger partial charge in [0.1, 0.15) is 11.4 Å². The summed E-state index contributed by atoms with van der Waals surface area (Å²) in [4.78, 5) is 43.2. The van der Waals surface area contributed by atoms with Gasteiger partial charge in [0.25, 0.3) is 11.6 Å². The summed E-state index contributed by atoms with van der Waals surface area (Å²) in [5.41, 5.74) is 1.04. The van der Waals surface area contributed by atoms with Gasteiger partial charge in [-0.2, -0.15) is 0 Å². The molecule has 0 saturated carbocycles. The number of ether oxygens (including phenoxy) is 2. The second-order valence-corrected chi connectivity index (χ2v) is 11.4. The van der Waals surface area contributed by atoms with Crippen LogP contribution in [0.5, 0.6) is 5.75 Å². The molecule has 10 nitrogen and oxygen atoms in total. The Hall–Kier alpha value is -4.31. The van der Waals surface area contributed by atoms with Crippen molar-refractivity contribution in [2.75, 3.05) is 36.0 Å². The molecule has 1 atom stereocenters. The van der Waals surface area contributed by atoms with E-state index in [1.165, 1.54) is 17.0 Å². The van der Waals surface area contributed by atoms with Gasteiger partial charge in [-0.15, -0.1) is 0 Å². The molecular formula is C31H35ClN4O6. The maximum absolute atomic E-state index is 14.0. The molecule has 0 radical (unpaired) electrons. The minimum absolute atomic E-state index is 0.129. The van der Waals surface area contributed by atoms with Crippen molar-refractivity contribution in [3.63, 3.8) is 0 Å². The van der Waals surface area contributed by atoms with Crippen LogP contribution in [0.4, 0.5) is 21.9 Å². The van der Waals surface area contributed by atoms with E-state index >= 15 is 0 Å². The summed E-state index contributed by atoms with van der Waals surface area (Å²) in [6, 6.07) is 20.6. The van der Waals surface area contributed by atoms with Crippen LogP contribution in [0, 0.1) is 10.1 Å². The van der Waals surface area contributed by atoms with Crippen LogP contribution in [0.3, 0.4) is 0 Å². The lowest BCUT2D eigenvalue weighted by Crippen LogP contribution is -2.50. The highest BCUT2D eigenvalue weighted by molar-refractivity contribution is 6.30. The first kappa shape index (κ1) is 30.6. The molecule has 1 unspecified atom stereocenters. The first-order chi connectivity index (χ1) is 19.9. The fraction of sp³-hybridized carbons (Fsp3) is 0.355. The van der Waals surface area contributed by atoms with Gasteiger partial charge in [-0.3, -0.25) is 14.9 Å². The second-order valence-electron chi connectivity index (χ2n) is 11.0. The lowest BCUT2D eigenvalue weighted by molar-refractivity contribution is -0.384. The number of anilines is 2. The van der Waals surface area contributed by atoms with Crippen LogP contribution >= 0.6 is 11.6 Å². The predicted molar refractivity (Wildman–Crippen MR) is 162 cm³/mol. The molecule has 0 spiro atoms.